The second-order valence-electron chi connectivity index (χ2n) is 10.4. The number of nitrogen functional groups attached to an aromatic ring is 1. The van der Waals surface area contributed by atoms with Gasteiger partial charge in [-0.2, -0.15) is 13.2 Å². The zero-order chi connectivity index (χ0) is 37.1. The number of aliphatic carboxylic acids is 1. The maximum Gasteiger partial charge on any atom is 0.490 e. The summed E-state index contributed by atoms with van der Waals surface area (Å²) in [5.74, 6) is -6.87. The molecule has 0 aromatic heterocycles. The number of aliphatic imine (C=N–C) groups is 1. The Hall–Kier alpha value is -5.72. The van der Waals surface area contributed by atoms with Crippen molar-refractivity contribution < 1.29 is 42.3 Å². The monoisotopic (exact) mass is 694 g/mol. The van der Waals surface area contributed by atoms with Crippen LogP contribution in [-0.4, -0.2) is 77.8 Å². The van der Waals surface area contributed by atoms with E-state index in [0.29, 0.717) is 29.7 Å². The largest absolute Gasteiger partial charge is 0.490 e. The number of carboxylic acid groups (broad SMARTS) is 1. The Bertz CT molecular complexity index is 1450. The van der Waals surface area contributed by atoms with Gasteiger partial charge in [0.05, 0.1) is 0 Å². The van der Waals surface area contributed by atoms with Crippen molar-refractivity contribution >= 4 is 47.1 Å². The van der Waals surface area contributed by atoms with Crippen molar-refractivity contribution in [2.45, 2.75) is 50.4 Å². The third-order valence-corrected chi connectivity index (χ3v) is 6.56. The molecule has 4 amide bonds. The number of carboxylic acids is 1. The second-order valence-corrected chi connectivity index (χ2v) is 10.4. The van der Waals surface area contributed by atoms with Crippen LogP contribution in [0.2, 0.25) is 0 Å². The molecule has 0 aliphatic heterocycles. The summed E-state index contributed by atoms with van der Waals surface area (Å²) < 4.78 is 31.7. The van der Waals surface area contributed by atoms with Crippen LogP contribution in [0.1, 0.15) is 36.8 Å². The van der Waals surface area contributed by atoms with E-state index in [1.54, 1.807) is 54.6 Å². The number of hydrogen-bond acceptors (Lipinski definition) is 8. The molecule has 1 unspecified atom stereocenters. The van der Waals surface area contributed by atoms with Crippen molar-refractivity contribution in [3.8, 4) is 0 Å². The zero-order valence-corrected chi connectivity index (χ0v) is 26.3. The van der Waals surface area contributed by atoms with Crippen LogP contribution >= 0.6 is 0 Å². The number of para-hydroxylation sites is 1. The van der Waals surface area contributed by atoms with E-state index in [4.69, 9.17) is 44.0 Å². The number of carbonyl (C=O) groups is 5. The van der Waals surface area contributed by atoms with Crippen molar-refractivity contribution in [1.29, 1.82) is 5.41 Å². The maximum absolute atomic E-state index is 13.6. The van der Waals surface area contributed by atoms with Crippen LogP contribution in [0.15, 0.2) is 59.6 Å². The third kappa shape index (κ3) is 16.1. The number of halogens is 3. The number of alkyl halides is 3. The van der Waals surface area contributed by atoms with Crippen molar-refractivity contribution in [2.75, 3.05) is 18.4 Å². The molecular formula is C30H41F3N10O6. The van der Waals surface area contributed by atoms with E-state index < -0.39 is 53.8 Å². The number of hydrogen-bond donors (Lipinski definition) is 10. The molecule has 268 valence electrons. The van der Waals surface area contributed by atoms with Crippen LogP contribution in [0.3, 0.4) is 0 Å². The van der Waals surface area contributed by atoms with Crippen molar-refractivity contribution in [3.63, 3.8) is 0 Å². The van der Waals surface area contributed by atoms with E-state index in [0.717, 1.165) is 0 Å². The topological polar surface area (TPSA) is 308 Å². The van der Waals surface area contributed by atoms with Gasteiger partial charge < -0.3 is 49.7 Å². The van der Waals surface area contributed by atoms with Gasteiger partial charge in [-0.25, -0.2) is 4.79 Å². The first-order valence-corrected chi connectivity index (χ1v) is 14.7. The van der Waals surface area contributed by atoms with E-state index in [2.05, 4.69) is 20.9 Å². The van der Waals surface area contributed by atoms with Crippen molar-refractivity contribution in [2.24, 2.45) is 39.6 Å². The van der Waals surface area contributed by atoms with Crippen LogP contribution in [0.4, 0.5) is 18.9 Å². The number of amides is 4. The Morgan fingerprint density at radius 2 is 1.37 bits per heavy atom. The number of nitrogens with zero attached hydrogens (tertiary/aromatic N) is 1. The molecule has 19 heteroatoms. The number of rotatable bonds is 17. The van der Waals surface area contributed by atoms with E-state index >= 15 is 0 Å². The molecule has 0 aliphatic carbocycles. The highest BCUT2D eigenvalue weighted by molar-refractivity contribution is 6.07. The minimum Gasteiger partial charge on any atom is -0.475 e. The maximum atomic E-state index is 13.6. The normalized spacial score (nSPS) is 12.5. The summed E-state index contributed by atoms with van der Waals surface area (Å²) in [5.41, 5.74) is 28.9. The lowest BCUT2D eigenvalue weighted by Gasteiger charge is -2.24. The Kier molecular flexibility index (Phi) is 17.3. The first-order valence-electron chi connectivity index (χ1n) is 14.7. The lowest BCUT2D eigenvalue weighted by atomic mass is 9.95. The van der Waals surface area contributed by atoms with Crippen molar-refractivity contribution in [1.82, 2.24) is 10.6 Å². The predicted molar refractivity (Wildman–Crippen MR) is 175 cm³/mol. The summed E-state index contributed by atoms with van der Waals surface area (Å²) in [6.07, 6.45) is -3.99. The first-order chi connectivity index (χ1) is 23.0. The highest BCUT2D eigenvalue weighted by atomic mass is 19.4. The Morgan fingerprint density at radius 3 is 1.86 bits per heavy atom. The van der Waals surface area contributed by atoms with E-state index in [-0.39, 0.29) is 44.1 Å². The number of amidine groups is 1. The van der Waals surface area contributed by atoms with Gasteiger partial charge in [0.15, 0.2) is 5.96 Å². The number of nitrogens with two attached hydrogens (primary N) is 5. The van der Waals surface area contributed by atoms with Gasteiger partial charge in [-0.05, 0) is 56.3 Å². The number of carbonyl (C=O) groups excluding carboxylic acids is 4. The molecule has 16 nitrogen and oxygen atoms in total. The lowest BCUT2D eigenvalue weighted by molar-refractivity contribution is -0.192. The summed E-state index contributed by atoms with van der Waals surface area (Å²) in [7, 11) is 0. The Balaban J connectivity index is 0.00000154. The molecule has 3 atom stereocenters. The zero-order valence-electron chi connectivity index (χ0n) is 26.3. The van der Waals surface area contributed by atoms with Crippen LogP contribution in [0.25, 0.3) is 0 Å². The molecule has 0 aliphatic rings. The molecule has 49 heavy (non-hydrogen) atoms. The summed E-state index contributed by atoms with van der Waals surface area (Å²) in [6.45, 7) is 0.485. The first kappa shape index (κ1) is 41.3. The summed E-state index contributed by atoms with van der Waals surface area (Å²) in [6, 6.07) is 13.1. The quantitative estimate of drug-likeness (QED) is 0.0444. The highest BCUT2D eigenvalue weighted by Gasteiger charge is 2.38. The van der Waals surface area contributed by atoms with E-state index in [9.17, 15) is 32.3 Å². The van der Waals surface area contributed by atoms with Gasteiger partial charge in [0.2, 0.25) is 23.6 Å². The fourth-order valence-corrected chi connectivity index (χ4v) is 4.04. The molecule has 0 bridgehead atoms. The molecule has 15 N–H and O–H groups in total. The molecule has 0 heterocycles. The summed E-state index contributed by atoms with van der Waals surface area (Å²) in [5, 5.41) is 22.7. The third-order valence-electron chi connectivity index (χ3n) is 6.56. The lowest BCUT2D eigenvalue weighted by Crippen LogP contribution is -2.54. The van der Waals surface area contributed by atoms with Gasteiger partial charge in [-0.1, -0.05) is 42.5 Å². The summed E-state index contributed by atoms with van der Waals surface area (Å²) >= 11 is 0. The number of guanidine groups is 1. The smallest absolute Gasteiger partial charge is 0.475 e. The summed E-state index contributed by atoms with van der Waals surface area (Å²) in [4.78, 5) is 64.8. The Labute approximate surface area is 279 Å². The van der Waals surface area contributed by atoms with Gasteiger partial charge in [-0.3, -0.25) is 29.6 Å². The fourth-order valence-electron chi connectivity index (χ4n) is 4.04. The number of primary amides is 1. The Morgan fingerprint density at radius 1 is 0.816 bits per heavy atom. The molecule has 2 aromatic rings. The van der Waals surface area contributed by atoms with Crippen LogP contribution < -0.4 is 44.6 Å². The fraction of sp³-hybridized carbons (Fsp3) is 0.367. The van der Waals surface area contributed by atoms with Gasteiger partial charge in [0, 0.05) is 17.8 Å². The number of anilines is 1. The average Bonchev–Trinajstić information content (AvgIpc) is 3.03. The molecule has 0 saturated carbocycles. The molecule has 0 radical (unpaired) electrons. The van der Waals surface area contributed by atoms with E-state index in [1.807, 2.05) is 0 Å². The van der Waals surface area contributed by atoms with E-state index in [1.165, 1.54) is 0 Å². The van der Waals surface area contributed by atoms with Crippen molar-refractivity contribution in [3.05, 3.63) is 65.7 Å². The number of nitrogens with one attached hydrogen (secondary N) is 4. The van der Waals surface area contributed by atoms with Crippen LogP contribution in [0.5, 0.6) is 0 Å². The molecular weight excluding hydrogens is 653 g/mol. The van der Waals surface area contributed by atoms with Gasteiger partial charge >= 0.3 is 12.1 Å². The van der Waals surface area contributed by atoms with Crippen LogP contribution in [-0.2, 0) is 30.4 Å². The molecule has 2 aromatic carbocycles. The minimum absolute atomic E-state index is 0.00259. The molecule has 0 spiro atoms. The standard InChI is InChI=1S/C28H40N10O4.C2HF3O2/c29-14-4-8-22(27(42)37-21(24(32)39)9-5-15-35-28(33)34)38-26(41)20(25(40)36-19-6-2-1-3-7-19)16-17-10-12-18(13-11-17)23(30)31;3-2(4,5)1(6)7/h1-3,6-7,10-13,20-22H,4-5,8-9,14-16,29H2,(H3,30,31)(H2,32,39)(H,36,40)(H,37,42)(H,38,41)(H4,33,34,35);(H,6,7)/t20?,21-,22-;/m0./s1. The highest BCUT2D eigenvalue weighted by Crippen LogP contribution is 2.16. The predicted octanol–water partition coefficient (Wildman–Crippen LogP) is -0.351. The molecule has 0 saturated heterocycles. The average molecular weight is 695 g/mol. The van der Waals surface area contributed by atoms with Gasteiger partial charge in [0.1, 0.15) is 23.8 Å². The second kappa shape index (κ2) is 20.5. The minimum atomic E-state index is -5.08. The van der Waals surface area contributed by atoms with Crippen LogP contribution in [0, 0.1) is 11.3 Å². The number of benzene rings is 2. The van der Waals surface area contributed by atoms with Gasteiger partial charge in [0.25, 0.3) is 0 Å². The molecule has 0 fully saturated rings. The molecule has 2 rings (SSSR count). The van der Waals surface area contributed by atoms with Gasteiger partial charge in [-0.15, -0.1) is 0 Å². The SMILES string of the molecule is N=C(N)c1ccc(CC(C(=O)Nc2ccccc2)C(=O)N[C@@H](CCCN)C(=O)N[C@@H](CCCN=C(N)N)C(N)=O)cc1.O=C(O)C(F)(F)F.